The molecule has 3 rings (SSSR count). The molecule has 120 valence electrons. The number of thioether (sulfide) groups is 1. The third-order valence-corrected chi connectivity index (χ3v) is 4.49. The predicted molar refractivity (Wildman–Crippen MR) is 92.1 cm³/mol. The molecule has 0 bridgehead atoms. The molecule has 0 fully saturated rings. The first-order valence-corrected chi connectivity index (χ1v) is 8.65. The fourth-order valence-corrected chi connectivity index (χ4v) is 2.91. The zero-order valence-electron chi connectivity index (χ0n) is 13.0. The van der Waals surface area contributed by atoms with E-state index in [4.69, 9.17) is 16.0 Å². The van der Waals surface area contributed by atoms with Crippen molar-refractivity contribution in [2.24, 2.45) is 7.05 Å². The van der Waals surface area contributed by atoms with Crippen LogP contribution in [0.5, 0.6) is 0 Å². The number of aromatic nitrogens is 2. The average Bonchev–Trinajstić information content (AvgIpc) is 3.13. The van der Waals surface area contributed by atoms with Gasteiger partial charge < -0.3 is 14.3 Å². The van der Waals surface area contributed by atoms with Crippen LogP contribution in [0.3, 0.4) is 0 Å². The monoisotopic (exact) mass is 349 g/mol. The molecule has 0 saturated heterocycles. The molecule has 1 amide bonds. The zero-order valence-corrected chi connectivity index (χ0v) is 14.5. The maximum Gasteiger partial charge on any atom is 0.268 e. The Labute approximate surface area is 143 Å². The number of aryl methyl sites for hydroxylation is 1. The summed E-state index contributed by atoms with van der Waals surface area (Å²) in [5.74, 6) is 0.306. The van der Waals surface area contributed by atoms with E-state index in [9.17, 15) is 4.79 Å². The lowest BCUT2D eigenvalue weighted by Crippen LogP contribution is -2.28. The normalized spacial score (nSPS) is 12.5. The van der Waals surface area contributed by atoms with Crippen LogP contribution < -0.4 is 5.32 Å². The second kappa shape index (κ2) is 6.29. The molecule has 1 aromatic carbocycles. The molecular formula is C16H16ClN3O2S. The number of halogens is 1. The summed E-state index contributed by atoms with van der Waals surface area (Å²) in [5, 5.41) is 5.24. The average molecular weight is 350 g/mol. The fourth-order valence-electron chi connectivity index (χ4n) is 2.42. The third kappa shape index (κ3) is 3.09. The Morgan fingerprint density at radius 3 is 2.91 bits per heavy atom. The Bertz CT molecular complexity index is 871. The van der Waals surface area contributed by atoms with Gasteiger partial charge in [0.2, 0.25) is 5.89 Å². The third-order valence-electron chi connectivity index (χ3n) is 3.66. The van der Waals surface area contributed by atoms with Gasteiger partial charge in [-0.3, -0.25) is 4.79 Å². The van der Waals surface area contributed by atoms with E-state index in [2.05, 4.69) is 10.3 Å². The summed E-state index contributed by atoms with van der Waals surface area (Å²) >= 11 is 7.49. The first-order valence-electron chi connectivity index (χ1n) is 7.05. The van der Waals surface area contributed by atoms with Crippen LogP contribution in [0.2, 0.25) is 5.02 Å². The molecule has 0 radical (unpaired) electrons. The number of carbonyl (C=O) groups excluding carboxylic acids is 1. The van der Waals surface area contributed by atoms with Gasteiger partial charge in [-0.1, -0.05) is 29.4 Å². The van der Waals surface area contributed by atoms with E-state index < -0.39 is 0 Å². The van der Waals surface area contributed by atoms with E-state index in [0.29, 0.717) is 16.6 Å². The van der Waals surface area contributed by atoms with Crippen molar-refractivity contribution in [1.82, 2.24) is 14.9 Å². The SMILES string of the molecule is CSc1cnc(C(C)NC(=O)c2cc3ccc(Cl)cc3n2C)o1. The van der Waals surface area contributed by atoms with E-state index in [-0.39, 0.29) is 11.9 Å². The van der Waals surface area contributed by atoms with Gasteiger partial charge in [-0.25, -0.2) is 4.98 Å². The molecule has 5 nitrogen and oxygen atoms in total. The number of nitrogens with one attached hydrogen (secondary N) is 1. The van der Waals surface area contributed by atoms with E-state index >= 15 is 0 Å². The summed E-state index contributed by atoms with van der Waals surface area (Å²) in [4.78, 5) is 16.7. The Morgan fingerprint density at radius 1 is 1.43 bits per heavy atom. The van der Waals surface area contributed by atoms with Gasteiger partial charge in [0.05, 0.1) is 6.20 Å². The maximum absolute atomic E-state index is 12.5. The highest BCUT2D eigenvalue weighted by molar-refractivity contribution is 7.98. The molecule has 0 aliphatic carbocycles. The van der Waals surface area contributed by atoms with Crippen molar-refractivity contribution in [3.63, 3.8) is 0 Å². The van der Waals surface area contributed by atoms with Crippen molar-refractivity contribution in [3.05, 3.63) is 47.1 Å². The van der Waals surface area contributed by atoms with Crippen molar-refractivity contribution in [1.29, 1.82) is 0 Å². The second-order valence-corrected chi connectivity index (χ2v) is 6.46. The van der Waals surface area contributed by atoms with Gasteiger partial charge in [-0.15, -0.1) is 0 Å². The Kier molecular flexibility index (Phi) is 4.37. The smallest absolute Gasteiger partial charge is 0.268 e. The van der Waals surface area contributed by atoms with Crippen LogP contribution in [0.1, 0.15) is 29.3 Å². The predicted octanol–water partition coefficient (Wildman–Crippen LogP) is 4.03. The first-order chi connectivity index (χ1) is 11.0. The van der Waals surface area contributed by atoms with Crippen molar-refractivity contribution in [2.45, 2.75) is 18.1 Å². The highest BCUT2D eigenvalue weighted by atomic mass is 35.5. The molecule has 1 atom stereocenters. The molecular weight excluding hydrogens is 334 g/mol. The van der Waals surface area contributed by atoms with Crippen LogP contribution in [0.25, 0.3) is 10.9 Å². The van der Waals surface area contributed by atoms with Gasteiger partial charge in [0.15, 0.2) is 5.09 Å². The molecule has 0 aliphatic rings. The second-order valence-electron chi connectivity index (χ2n) is 5.21. The molecule has 1 unspecified atom stereocenters. The number of oxazole rings is 1. The summed E-state index contributed by atoms with van der Waals surface area (Å²) in [7, 11) is 1.84. The van der Waals surface area contributed by atoms with Crippen LogP contribution in [-0.2, 0) is 7.05 Å². The van der Waals surface area contributed by atoms with Crippen LogP contribution in [0.4, 0.5) is 0 Å². The molecule has 0 spiro atoms. The standard InChI is InChI=1S/C16H16ClN3O2S/c1-9(16-18-8-14(22-16)23-3)19-15(21)13-6-10-4-5-11(17)7-12(10)20(13)2/h4-9H,1-3H3,(H,19,21). The molecule has 1 N–H and O–H groups in total. The van der Waals surface area contributed by atoms with Gasteiger partial charge in [0.25, 0.3) is 5.91 Å². The quantitative estimate of drug-likeness (QED) is 0.722. The van der Waals surface area contributed by atoms with Crippen LogP contribution in [-0.4, -0.2) is 21.7 Å². The minimum Gasteiger partial charge on any atom is -0.432 e. The highest BCUT2D eigenvalue weighted by Gasteiger charge is 2.19. The van der Waals surface area contributed by atoms with Crippen molar-refractivity contribution in [2.75, 3.05) is 6.26 Å². The topological polar surface area (TPSA) is 60.1 Å². The lowest BCUT2D eigenvalue weighted by atomic mass is 10.2. The van der Waals surface area contributed by atoms with Gasteiger partial charge in [-0.05, 0) is 31.4 Å². The minimum absolute atomic E-state index is 0.184. The van der Waals surface area contributed by atoms with Gasteiger partial charge in [0.1, 0.15) is 11.7 Å². The Morgan fingerprint density at radius 2 is 2.22 bits per heavy atom. The van der Waals surface area contributed by atoms with Crippen LogP contribution >= 0.6 is 23.4 Å². The van der Waals surface area contributed by atoms with Gasteiger partial charge in [-0.2, -0.15) is 0 Å². The molecule has 23 heavy (non-hydrogen) atoms. The van der Waals surface area contributed by atoms with Crippen LogP contribution in [0, 0.1) is 0 Å². The first kappa shape index (κ1) is 16.0. The summed E-state index contributed by atoms with van der Waals surface area (Å²) in [5.41, 5.74) is 1.47. The van der Waals surface area contributed by atoms with Crippen molar-refractivity contribution < 1.29 is 9.21 Å². The van der Waals surface area contributed by atoms with Crippen molar-refractivity contribution >= 4 is 40.2 Å². The summed E-state index contributed by atoms with van der Waals surface area (Å²) in [6, 6.07) is 7.08. The largest absolute Gasteiger partial charge is 0.432 e. The number of fused-ring (bicyclic) bond motifs is 1. The molecule has 2 aromatic heterocycles. The number of amides is 1. The lowest BCUT2D eigenvalue weighted by Gasteiger charge is -2.11. The Hall–Kier alpha value is -1.92. The van der Waals surface area contributed by atoms with Gasteiger partial charge in [0, 0.05) is 23.0 Å². The number of benzene rings is 1. The summed E-state index contributed by atoms with van der Waals surface area (Å²) in [6.45, 7) is 1.84. The highest BCUT2D eigenvalue weighted by Crippen LogP contribution is 2.24. The molecule has 7 heteroatoms. The number of nitrogens with zero attached hydrogens (tertiary/aromatic N) is 2. The van der Waals surface area contributed by atoms with Crippen molar-refractivity contribution in [3.8, 4) is 0 Å². The van der Waals surface area contributed by atoms with Crippen LogP contribution in [0.15, 0.2) is 40.0 Å². The molecule has 3 aromatic rings. The fraction of sp³-hybridized carbons (Fsp3) is 0.250. The maximum atomic E-state index is 12.5. The Balaban J connectivity index is 1.84. The summed E-state index contributed by atoms with van der Waals surface area (Å²) < 4.78 is 7.37. The molecule has 0 aliphatic heterocycles. The summed E-state index contributed by atoms with van der Waals surface area (Å²) in [6.07, 6.45) is 3.57. The lowest BCUT2D eigenvalue weighted by molar-refractivity contribution is 0.0925. The van der Waals surface area contributed by atoms with E-state index in [0.717, 1.165) is 16.0 Å². The van der Waals surface area contributed by atoms with Gasteiger partial charge >= 0.3 is 0 Å². The van der Waals surface area contributed by atoms with E-state index in [1.54, 1.807) is 6.20 Å². The minimum atomic E-state index is -0.315. The number of rotatable bonds is 4. The van der Waals surface area contributed by atoms with E-state index in [1.165, 1.54) is 11.8 Å². The van der Waals surface area contributed by atoms with E-state index in [1.807, 2.05) is 49.1 Å². The number of hydrogen-bond acceptors (Lipinski definition) is 4. The number of carbonyl (C=O) groups is 1. The molecule has 2 heterocycles. The molecule has 0 saturated carbocycles. The number of hydrogen-bond donors (Lipinski definition) is 1. The zero-order chi connectivity index (χ0) is 16.6.